The second-order valence-electron chi connectivity index (χ2n) is 4.88. The molecule has 1 aromatic heterocycles. The SMILES string of the molecule is CCN(CC)C(=O)[C@@H](C)Sc1cc(-c2ccccc2)ncn1. The van der Waals surface area contributed by atoms with E-state index >= 15 is 0 Å². The number of carbonyl (C=O) groups excluding carboxylic acids is 1. The third-order valence-electron chi connectivity index (χ3n) is 3.43. The summed E-state index contributed by atoms with van der Waals surface area (Å²) in [6.07, 6.45) is 1.55. The molecular formula is C17H21N3OS. The third-order valence-corrected chi connectivity index (χ3v) is 4.45. The van der Waals surface area contributed by atoms with E-state index < -0.39 is 0 Å². The van der Waals surface area contributed by atoms with Crippen molar-refractivity contribution in [2.24, 2.45) is 0 Å². The Hall–Kier alpha value is -1.88. The molecule has 1 aromatic carbocycles. The van der Waals surface area contributed by atoms with Gasteiger partial charge in [0.1, 0.15) is 11.4 Å². The molecule has 0 spiro atoms. The molecule has 5 heteroatoms. The maximum atomic E-state index is 12.3. The lowest BCUT2D eigenvalue weighted by Gasteiger charge is -2.22. The van der Waals surface area contributed by atoms with E-state index in [-0.39, 0.29) is 11.2 Å². The van der Waals surface area contributed by atoms with Crippen molar-refractivity contribution >= 4 is 17.7 Å². The second kappa shape index (κ2) is 7.94. The van der Waals surface area contributed by atoms with Crippen molar-refractivity contribution in [2.45, 2.75) is 31.0 Å². The van der Waals surface area contributed by atoms with E-state index in [1.54, 1.807) is 6.33 Å². The van der Waals surface area contributed by atoms with Gasteiger partial charge >= 0.3 is 0 Å². The number of amides is 1. The van der Waals surface area contributed by atoms with Crippen molar-refractivity contribution in [1.82, 2.24) is 14.9 Å². The van der Waals surface area contributed by atoms with E-state index in [0.717, 1.165) is 29.4 Å². The predicted octanol–water partition coefficient (Wildman–Crippen LogP) is 3.49. The molecule has 1 atom stereocenters. The van der Waals surface area contributed by atoms with Crippen LogP contribution in [0.25, 0.3) is 11.3 Å². The second-order valence-corrected chi connectivity index (χ2v) is 6.24. The summed E-state index contributed by atoms with van der Waals surface area (Å²) < 4.78 is 0. The quantitative estimate of drug-likeness (QED) is 0.605. The Kier molecular flexibility index (Phi) is 5.95. The molecule has 0 unspecified atom stereocenters. The third kappa shape index (κ3) is 4.07. The van der Waals surface area contributed by atoms with Crippen molar-refractivity contribution < 1.29 is 4.79 Å². The summed E-state index contributed by atoms with van der Waals surface area (Å²) in [4.78, 5) is 22.8. The fraction of sp³-hybridized carbons (Fsp3) is 0.353. The van der Waals surface area contributed by atoms with E-state index in [1.165, 1.54) is 11.8 Å². The molecule has 0 saturated carbocycles. The zero-order valence-corrected chi connectivity index (χ0v) is 14.0. The van der Waals surface area contributed by atoms with Gasteiger partial charge in [0.05, 0.1) is 10.9 Å². The van der Waals surface area contributed by atoms with E-state index in [1.807, 2.05) is 62.1 Å². The Morgan fingerprint density at radius 2 is 1.86 bits per heavy atom. The summed E-state index contributed by atoms with van der Waals surface area (Å²) in [5, 5.41) is 0.667. The molecule has 0 aliphatic carbocycles. The zero-order valence-electron chi connectivity index (χ0n) is 13.2. The summed E-state index contributed by atoms with van der Waals surface area (Å²) in [5.74, 6) is 0.148. The molecular weight excluding hydrogens is 294 g/mol. The highest BCUT2D eigenvalue weighted by atomic mass is 32.2. The first-order valence-corrected chi connectivity index (χ1v) is 8.36. The Bertz CT molecular complexity index is 614. The minimum atomic E-state index is -0.154. The standard InChI is InChI=1S/C17H21N3OS/c1-4-20(5-2)17(21)13(3)22-16-11-15(18-12-19-16)14-9-7-6-8-10-14/h6-13H,4-5H2,1-3H3/t13-/m1/s1. The Morgan fingerprint density at radius 3 is 2.50 bits per heavy atom. The average Bonchev–Trinajstić information content (AvgIpc) is 2.57. The number of hydrogen-bond donors (Lipinski definition) is 0. The number of hydrogen-bond acceptors (Lipinski definition) is 4. The number of benzene rings is 1. The number of thioether (sulfide) groups is 1. The fourth-order valence-corrected chi connectivity index (χ4v) is 3.09. The van der Waals surface area contributed by atoms with Crippen LogP contribution in [0.4, 0.5) is 0 Å². The molecule has 0 aliphatic heterocycles. The van der Waals surface area contributed by atoms with Crippen LogP contribution in [0, 0.1) is 0 Å². The van der Waals surface area contributed by atoms with Gasteiger partial charge in [-0.2, -0.15) is 0 Å². The van der Waals surface area contributed by atoms with Crippen LogP contribution in [-0.4, -0.2) is 39.1 Å². The fourth-order valence-electron chi connectivity index (χ4n) is 2.19. The molecule has 1 amide bonds. The maximum Gasteiger partial charge on any atom is 0.235 e. The number of carbonyl (C=O) groups is 1. The van der Waals surface area contributed by atoms with Crippen LogP contribution in [0.5, 0.6) is 0 Å². The van der Waals surface area contributed by atoms with Crippen molar-refractivity contribution in [1.29, 1.82) is 0 Å². The van der Waals surface area contributed by atoms with Gasteiger partial charge in [0.15, 0.2) is 0 Å². The van der Waals surface area contributed by atoms with Gasteiger partial charge in [-0.25, -0.2) is 9.97 Å². The molecule has 22 heavy (non-hydrogen) atoms. The van der Waals surface area contributed by atoms with Crippen molar-refractivity contribution in [2.75, 3.05) is 13.1 Å². The molecule has 1 heterocycles. The van der Waals surface area contributed by atoms with Crippen LogP contribution in [-0.2, 0) is 4.79 Å². The molecule has 0 bridgehead atoms. The highest BCUT2D eigenvalue weighted by Crippen LogP contribution is 2.25. The summed E-state index contributed by atoms with van der Waals surface area (Å²) in [5.41, 5.74) is 1.93. The Morgan fingerprint density at radius 1 is 1.18 bits per heavy atom. The van der Waals surface area contributed by atoms with Crippen LogP contribution >= 0.6 is 11.8 Å². The van der Waals surface area contributed by atoms with Crippen LogP contribution in [0.3, 0.4) is 0 Å². The lowest BCUT2D eigenvalue weighted by Crippen LogP contribution is -2.36. The summed E-state index contributed by atoms with van der Waals surface area (Å²) in [6.45, 7) is 7.39. The van der Waals surface area contributed by atoms with Gasteiger partial charge in [-0.1, -0.05) is 42.1 Å². The minimum Gasteiger partial charge on any atom is -0.342 e. The van der Waals surface area contributed by atoms with Crippen molar-refractivity contribution in [3.63, 3.8) is 0 Å². The minimum absolute atomic E-state index is 0.148. The number of aromatic nitrogens is 2. The first-order valence-electron chi connectivity index (χ1n) is 7.48. The summed E-state index contributed by atoms with van der Waals surface area (Å²) in [6, 6.07) is 11.9. The average molecular weight is 315 g/mol. The van der Waals surface area contributed by atoms with Crippen LogP contribution in [0.1, 0.15) is 20.8 Å². The predicted molar refractivity (Wildman–Crippen MR) is 90.7 cm³/mol. The number of nitrogens with zero attached hydrogens (tertiary/aromatic N) is 3. The molecule has 0 aliphatic rings. The molecule has 0 N–H and O–H groups in total. The van der Waals surface area contributed by atoms with Crippen LogP contribution in [0.2, 0.25) is 0 Å². The normalized spacial score (nSPS) is 12.0. The Balaban J connectivity index is 2.12. The van der Waals surface area contributed by atoms with Crippen LogP contribution in [0.15, 0.2) is 47.8 Å². The van der Waals surface area contributed by atoms with Gasteiger partial charge < -0.3 is 4.90 Å². The largest absolute Gasteiger partial charge is 0.342 e. The van der Waals surface area contributed by atoms with E-state index in [9.17, 15) is 4.79 Å². The smallest absolute Gasteiger partial charge is 0.235 e. The van der Waals surface area contributed by atoms with E-state index in [0.29, 0.717) is 0 Å². The maximum absolute atomic E-state index is 12.3. The van der Waals surface area contributed by atoms with Gasteiger partial charge in [-0.3, -0.25) is 4.79 Å². The summed E-state index contributed by atoms with van der Waals surface area (Å²) >= 11 is 1.48. The number of rotatable bonds is 6. The van der Waals surface area contributed by atoms with Gasteiger partial charge in [0, 0.05) is 18.7 Å². The Labute approximate surface area is 136 Å². The van der Waals surface area contributed by atoms with E-state index in [4.69, 9.17) is 0 Å². The monoisotopic (exact) mass is 315 g/mol. The first-order chi connectivity index (χ1) is 10.7. The highest BCUT2D eigenvalue weighted by molar-refractivity contribution is 8.00. The van der Waals surface area contributed by atoms with Crippen molar-refractivity contribution in [3.8, 4) is 11.3 Å². The lowest BCUT2D eigenvalue weighted by atomic mass is 10.1. The van der Waals surface area contributed by atoms with Crippen LogP contribution < -0.4 is 0 Å². The highest BCUT2D eigenvalue weighted by Gasteiger charge is 2.19. The lowest BCUT2D eigenvalue weighted by molar-refractivity contribution is -0.129. The molecule has 116 valence electrons. The zero-order chi connectivity index (χ0) is 15.9. The molecule has 0 radical (unpaired) electrons. The van der Waals surface area contributed by atoms with E-state index in [2.05, 4.69) is 9.97 Å². The topological polar surface area (TPSA) is 46.1 Å². The van der Waals surface area contributed by atoms with Gasteiger partial charge in [0.25, 0.3) is 0 Å². The van der Waals surface area contributed by atoms with Gasteiger partial charge in [-0.05, 0) is 26.8 Å². The molecule has 0 saturated heterocycles. The van der Waals surface area contributed by atoms with Gasteiger partial charge in [0.2, 0.25) is 5.91 Å². The molecule has 0 fully saturated rings. The first kappa shape index (κ1) is 16.5. The molecule has 2 rings (SSSR count). The van der Waals surface area contributed by atoms with Crippen molar-refractivity contribution in [3.05, 3.63) is 42.7 Å². The molecule has 2 aromatic rings. The molecule has 4 nitrogen and oxygen atoms in total. The van der Waals surface area contributed by atoms with Gasteiger partial charge in [-0.15, -0.1) is 0 Å². The summed E-state index contributed by atoms with van der Waals surface area (Å²) in [7, 11) is 0.